The van der Waals surface area contributed by atoms with E-state index in [1.54, 1.807) is 35.0 Å². The number of benzene rings is 1. The van der Waals surface area contributed by atoms with Crippen LogP contribution in [0.25, 0.3) is 11.3 Å². The van der Waals surface area contributed by atoms with E-state index in [0.29, 0.717) is 35.6 Å². The third kappa shape index (κ3) is 3.77. The maximum absolute atomic E-state index is 13.6. The molecule has 1 amide bonds. The molecule has 0 atom stereocenters. The molecule has 198 valence electrons. The molecule has 3 aliphatic rings. The number of hydrogen-bond acceptors (Lipinski definition) is 6. The molecule has 3 N–H and O–H groups in total. The van der Waals surface area contributed by atoms with E-state index in [4.69, 9.17) is 10.3 Å². The Morgan fingerprint density at radius 3 is 2.45 bits per heavy atom. The molecule has 6 rings (SSSR count). The summed E-state index contributed by atoms with van der Waals surface area (Å²) in [6.45, 7) is 2.05. The summed E-state index contributed by atoms with van der Waals surface area (Å²) in [6.07, 6.45) is -1.21. The van der Waals surface area contributed by atoms with Crippen molar-refractivity contribution in [3.05, 3.63) is 47.2 Å². The van der Waals surface area contributed by atoms with Crippen molar-refractivity contribution in [3.63, 3.8) is 0 Å². The van der Waals surface area contributed by atoms with E-state index in [-0.39, 0.29) is 43.0 Å². The van der Waals surface area contributed by atoms with Crippen molar-refractivity contribution in [1.82, 2.24) is 14.9 Å². The molecule has 38 heavy (non-hydrogen) atoms. The van der Waals surface area contributed by atoms with Gasteiger partial charge in [-0.15, -0.1) is 0 Å². The highest BCUT2D eigenvalue weighted by molar-refractivity contribution is 5.91. The molecule has 8 nitrogen and oxygen atoms in total. The Kier molecular flexibility index (Phi) is 5.22. The SMILES string of the molecule is CC1(n2nc(-c3ccc(CC(=O)Nc4cc(C56CCC(C(F)(F)F)(CC5)C6)no4)cc3)c(C#N)c2N)CC1. The normalized spacial score (nSPS) is 25.3. The summed E-state index contributed by atoms with van der Waals surface area (Å²) in [5.41, 5.74) is 6.55. The van der Waals surface area contributed by atoms with Crippen LogP contribution in [-0.4, -0.2) is 27.0 Å². The zero-order valence-corrected chi connectivity index (χ0v) is 20.9. The van der Waals surface area contributed by atoms with Gasteiger partial charge in [0.15, 0.2) is 0 Å². The Labute approximate surface area is 217 Å². The van der Waals surface area contributed by atoms with Crippen molar-refractivity contribution in [2.24, 2.45) is 5.41 Å². The number of fused-ring (bicyclic) bond motifs is 2. The van der Waals surface area contributed by atoms with Gasteiger partial charge < -0.3 is 10.3 Å². The second-order valence-electron chi connectivity index (χ2n) is 11.4. The number of nitrogens with two attached hydrogens (primary N) is 1. The second-order valence-corrected chi connectivity index (χ2v) is 11.4. The van der Waals surface area contributed by atoms with Gasteiger partial charge in [-0.1, -0.05) is 29.4 Å². The predicted molar refractivity (Wildman–Crippen MR) is 132 cm³/mol. The van der Waals surface area contributed by atoms with Gasteiger partial charge in [0.2, 0.25) is 11.8 Å². The van der Waals surface area contributed by atoms with Gasteiger partial charge >= 0.3 is 6.18 Å². The van der Waals surface area contributed by atoms with Crippen molar-refractivity contribution < 1.29 is 22.5 Å². The van der Waals surface area contributed by atoms with Crippen LogP contribution in [-0.2, 0) is 22.2 Å². The summed E-state index contributed by atoms with van der Waals surface area (Å²) < 4.78 is 47.9. The van der Waals surface area contributed by atoms with Crippen molar-refractivity contribution >= 4 is 17.6 Å². The Balaban J connectivity index is 1.12. The number of nitrogens with one attached hydrogen (secondary N) is 1. The summed E-state index contributed by atoms with van der Waals surface area (Å²) in [6, 6.07) is 10.9. The molecule has 0 unspecified atom stereocenters. The van der Waals surface area contributed by atoms with E-state index in [1.807, 2.05) is 0 Å². The van der Waals surface area contributed by atoms with Crippen LogP contribution in [0.1, 0.15) is 68.7 Å². The van der Waals surface area contributed by atoms with Crippen molar-refractivity contribution in [2.75, 3.05) is 11.1 Å². The molecular weight excluding hydrogens is 497 g/mol. The number of carbonyl (C=O) groups is 1. The fourth-order valence-electron chi connectivity index (χ4n) is 6.22. The summed E-state index contributed by atoms with van der Waals surface area (Å²) in [5.74, 6) is 0.144. The van der Waals surface area contributed by atoms with Crippen molar-refractivity contribution in [3.8, 4) is 17.3 Å². The lowest BCUT2D eigenvalue weighted by Gasteiger charge is -2.29. The average Bonchev–Trinajstić information content (AvgIpc) is 3.30. The van der Waals surface area contributed by atoms with Crippen molar-refractivity contribution in [1.29, 1.82) is 5.26 Å². The lowest BCUT2D eigenvalue weighted by Crippen LogP contribution is -2.33. The van der Waals surface area contributed by atoms with E-state index >= 15 is 0 Å². The van der Waals surface area contributed by atoms with E-state index in [9.17, 15) is 23.2 Å². The fourth-order valence-corrected chi connectivity index (χ4v) is 6.22. The zero-order chi connectivity index (χ0) is 26.9. The first-order valence-corrected chi connectivity index (χ1v) is 12.7. The maximum atomic E-state index is 13.6. The van der Waals surface area contributed by atoms with Gasteiger partial charge in [-0.2, -0.15) is 23.5 Å². The number of nitrogens with zero attached hydrogens (tertiary/aromatic N) is 4. The molecule has 3 aliphatic carbocycles. The van der Waals surface area contributed by atoms with E-state index in [1.165, 1.54) is 0 Å². The van der Waals surface area contributed by atoms with E-state index in [2.05, 4.69) is 28.6 Å². The van der Waals surface area contributed by atoms with Gasteiger partial charge in [0.25, 0.3) is 0 Å². The monoisotopic (exact) mass is 524 g/mol. The number of alkyl halides is 3. The van der Waals surface area contributed by atoms with Gasteiger partial charge in [0, 0.05) is 17.0 Å². The quantitative estimate of drug-likeness (QED) is 0.442. The molecule has 2 bridgehead atoms. The number of rotatable bonds is 6. The molecule has 2 aromatic heterocycles. The molecule has 0 saturated heterocycles. The van der Waals surface area contributed by atoms with Crippen LogP contribution in [0, 0.1) is 16.7 Å². The standard InChI is InChI=1S/C27H27F3N6O2/c1-24(6-7-24)36-23(32)18(14-31)22(34-36)17-4-2-16(3-5-17)12-20(37)33-21-13-19(35-38-21)25-8-10-26(15-25,11-9-25)27(28,29)30/h2-5,13H,6-12,15,32H2,1H3,(H,33,37). The summed E-state index contributed by atoms with van der Waals surface area (Å²) in [5, 5.41) is 20.9. The van der Waals surface area contributed by atoms with Gasteiger partial charge in [0.1, 0.15) is 23.1 Å². The minimum atomic E-state index is -4.22. The van der Waals surface area contributed by atoms with Crippen molar-refractivity contribution in [2.45, 2.75) is 75.4 Å². The minimum absolute atomic E-state index is 0.0203. The highest BCUT2D eigenvalue weighted by Gasteiger charge is 2.67. The number of hydrogen-bond donors (Lipinski definition) is 2. The van der Waals surface area contributed by atoms with Gasteiger partial charge in [-0.05, 0) is 57.4 Å². The highest BCUT2D eigenvalue weighted by Crippen LogP contribution is 2.67. The van der Waals surface area contributed by atoms with E-state index < -0.39 is 17.0 Å². The zero-order valence-electron chi connectivity index (χ0n) is 20.9. The number of halogens is 3. The molecule has 3 fully saturated rings. The second kappa shape index (κ2) is 8.09. The topological polar surface area (TPSA) is 123 Å². The molecule has 1 aromatic carbocycles. The van der Waals surface area contributed by atoms with Gasteiger partial charge in [0.05, 0.1) is 23.1 Å². The first-order chi connectivity index (χ1) is 18.0. The number of nitriles is 1. The van der Waals surface area contributed by atoms with Crippen LogP contribution in [0.2, 0.25) is 0 Å². The van der Waals surface area contributed by atoms with Gasteiger partial charge in [-0.3, -0.25) is 10.1 Å². The molecule has 3 saturated carbocycles. The van der Waals surface area contributed by atoms with Crippen LogP contribution >= 0.6 is 0 Å². The van der Waals surface area contributed by atoms with Crippen LogP contribution < -0.4 is 11.1 Å². The summed E-state index contributed by atoms with van der Waals surface area (Å²) in [7, 11) is 0. The Bertz CT molecular complexity index is 1450. The third-order valence-corrected chi connectivity index (χ3v) is 8.87. The smallest absolute Gasteiger partial charge is 0.383 e. The Morgan fingerprint density at radius 1 is 1.18 bits per heavy atom. The fraction of sp³-hybridized carbons (Fsp3) is 0.481. The lowest BCUT2D eigenvalue weighted by atomic mass is 9.80. The highest BCUT2D eigenvalue weighted by atomic mass is 19.4. The number of amides is 1. The molecule has 0 aliphatic heterocycles. The Morgan fingerprint density at radius 2 is 1.87 bits per heavy atom. The molecular formula is C27H27F3N6O2. The number of nitrogen functional groups attached to an aromatic ring is 1. The number of aromatic nitrogens is 3. The molecule has 0 spiro atoms. The van der Waals surface area contributed by atoms with Crippen LogP contribution in [0.3, 0.4) is 0 Å². The first kappa shape index (κ1) is 24.5. The predicted octanol–water partition coefficient (Wildman–Crippen LogP) is 5.45. The van der Waals surface area contributed by atoms with Crippen LogP contribution in [0.15, 0.2) is 34.9 Å². The first-order valence-electron chi connectivity index (χ1n) is 12.7. The summed E-state index contributed by atoms with van der Waals surface area (Å²) in [4.78, 5) is 12.7. The largest absolute Gasteiger partial charge is 0.394 e. The average molecular weight is 525 g/mol. The minimum Gasteiger partial charge on any atom is -0.383 e. The maximum Gasteiger partial charge on any atom is 0.394 e. The third-order valence-electron chi connectivity index (χ3n) is 8.87. The lowest BCUT2D eigenvalue weighted by molar-refractivity contribution is -0.220. The number of anilines is 2. The molecule has 11 heteroatoms. The molecule has 0 radical (unpaired) electrons. The van der Waals surface area contributed by atoms with Crippen LogP contribution in [0.5, 0.6) is 0 Å². The Hall–Kier alpha value is -3.81. The summed E-state index contributed by atoms with van der Waals surface area (Å²) >= 11 is 0. The molecule has 2 heterocycles. The van der Waals surface area contributed by atoms with E-state index in [0.717, 1.165) is 24.0 Å². The van der Waals surface area contributed by atoms with Gasteiger partial charge in [-0.25, -0.2) is 4.68 Å². The molecule has 3 aromatic rings. The number of carbonyl (C=O) groups excluding carboxylic acids is 1. The van der Waals surface area contributed by atoms with Crippen LogP contribution in [0.4, 0.5) is 24.9 Å².